The highest BCUT2D eigenvalue weighted by molar-refractivity contribution is 5.95. The summed E-state index contributed by atoms with van der Waals surface area (Å²) in [6.45, 7) is 6.10. The van der Waals surface area contributed by atoms with Crippen LogP contribution in [0.1, 0.15) is 50.4 Å². The number of carbonyl (C=O) groups is 1. The lowest BCUT2D eigenvalue weighted by Gasteiger charge is -2.31. The lowest BCUT2D eigenvalue weighted by molar-refractivity contribution is 0.0888. The maximum absolute atomic E-state index is 13.2. The molecule has 0 bridgehead atoms. The number of halogens is 1. The molecular formula is C14H21FN2O. The van der Waals surface area contributed by atoms with Gasteiger partial charge in [0, 0.05) is 16.8 Å². The van der Waals surface area contributed by atoms with Crippen molar-refractivity contribution in [2.75, 3.05) is 5.73 Å². The largest absolute Gasteiger partial charge is 0.399 e. The van der Waals surface area contributed by atoms with E-state index in [-0.39, 0.29) is 22.7 Å². The van der Waals surface area contributed by atoms with Crippen LogP contribution in [0.5, 0.6) is 0 Å². The molecule has 0 atom stereocenters. The second-order valence-electron chi connectivity index (χ2n) is 4.57. The van der Waals surface area contributed by atoms with Crippen LogP contribution in [0.15, 0.2) is 18.2 Å². The first-order valence-corrected chi connectivity index (χ1v) is 6.35. The monoisotopic (exact) mass is 252 g/mol. The van der Waals surface area contributed by atoms with Crippen LogP contribution in [0.2, 0.25) is 0 Å². The molecule has 1 aromatic rings. The van der Waals surface area contributed by atoms with E-state index >= 15 is 0 Å². The van der Waals surface area contributed by atoms with E-state index in [0.717, 1.165) is 19.3 Å². The number of amides is 1. The molecule has 0 heterocycles. The normalized spacial score (nSPS) is 11.3. The van der Waals surface area contributed by atoms with Crippen molar-refractivity contribution in [2.45, 2.75) is 45.6 Å². The van der Waals surface area contributed by atoms with Gasteiger partial charge in [-0.05, 0) is 37.5 Å². The molecule has 0 aliphatic heterocycles. The summed E-state index contributed by atoms with van der Waals surface area (Å²) in [6, 6.07) is 3.89. The Labute approximate surface area is 108 Å². The number of carbonyl (C=O) groups excluding carboxylic acids is 1. The molecule has 0 spiro atoms. The number of benzene rings is 1. The van der Waals surface area contributed by atoms with Gasteiger partial charge < -0.3 is 11.1 Å². The first-order chi connectivity index (χ1) is 8.46. The zero-order valence-corrected chi connectivity index (χ0v) is 11.2. The Bertz CT molecular complexity index is 399. The SMILES string of the molecule is CCC(CC)(CC)NC(=O)c1cc(N)cc(F)c1. The number of nitrogens with one attached hydrogen (secondary N) is 1. The van der Waals surface area contributed by atoms with Gasteiger partial charge in [0.25, 0.3) is 5.91 Å². The molecule has 1 amide bonds. The van der Waals surface area contributed by atoms with Crippen molar-refractivity contribution in [2.24, 2.45) is 0 Å². The number of nitrogen functional groups attached to an aromatic ring is 1. The van der Waals surface area contributed by atoms with Gasteiger partial charge in [-0.3, -0.25) is 4.79 Å². The molecule has 0 saturated carbocycles. The van der Waals surface area contributed by atoms with Crippen molar-refractivity contribution in [1.29, 1.82) is 0 Å². The summed E-state index contributed by atoms with van der Waals surface area (Å²) in [7, 11) is 0. The summed E-state index contributed by atoms with van der Waals surface area (Å²) in [5, 5.41) is 2.99. The Balaban J connectivity index is 2.94. The van der Waals surface area contributed by atoms with Crippen LogP contribution in [-0.4, -0.2) is 11.4 Å². The second-order valence-corrected chi connectivity index (χ2v) is 4.57. The zero-order chi connectivity index (χ0) is 13.8. The highest BCUT2D eigenvalue weighted by atomic mass is 19.1. The van der Waals surface area contributed by atoms with Crippen molar-refractivity contribution in [3.8, 4) is 0 Å². The molecule has 0 fully saturated rings. The molecule has 100 valence electrons. The smallest absolute Gasteiger partial charge is 0.251 e. The van der Waals surface area contributed by atoms with Crippen molar-refractivity contribution >= 4 is 11.6 Å². The van der Waals surface area contributed by atoms with Crippen LogP contribution >= 0.6 is 0 Å². The van der Waals surface area contributed by atoms with E-state index in [1.54, 1.807) is 0 Å². The minimum atomic E-state index is -0.491. The van der Waals surface area contributed by atoms with Gasteiger partial charge in [0.1, 0.15) is 5.82 Å². The highest BCUT2D eigenvalue weighted by Crippen LogP contribution is 2.20. The molecule has 0 aromatic heterocycles. The summed E-state index contributed by atoms with van der Waals surface area (Å²) in [6.07, 6.45) is 2.53. The summed E-state index contributed by atoms with van der Waals surface area (Å²) < 4.78 is 13.2. The fourth-order valence-corrected chi connectivity index (χ4v) is 2.07. The molecule has 3 N–H and O–H groups in total. The third-order valence-corrected chi connectivity index (χ3v) is 3.59. The van der Waals surface area contributed by atoms with E-state index in [1.165, 1.54) is 18.2 Å². The molecule has 1 aromatic carbocycles. The summed E-state index contributed by atoms with van der Waals surface area (Å²) in [5.41, 5.74) is 5.84. The number of nitrogens with two attached hydrogens (primary N) is 1. The van der Waals surface area contributed by atoms with Crippen molar-refractivity contribution in [3.63, 3.8) is 0 Å². The third kappa shape index (κ3) is 3.22. The van der Waals surface area contributed by atoms with E-state index in [9.17, 15) is 9.18 Å². The van der Waals surface area contributed by atoms with Crippen LogP contribution in [-0.2, 0) is 0 Å². The highest BCUT2D eigenvalue weighted by Gasteiger charge is 2.26. The summed E-state index contributed by atoms with van der Waals surface area (Å²) >= 11 is 0. The molecular weight excluding hydrogens is 231 g/mol. The molecule has 1 rings (SSSR count). The molecule has 0 saturated heterocycles. The molecule has 0 unspecified atom stereocenters. The Kier molecular flexibility index (Phi) is 4.70. The molecule has 0 aliphatic carbocycles. The van der Waals surface area contributed by atoms with Crippen molar-refractivity contribution < 1.29 is 9.18 Å². The van der Waals surface area contributed by atoms with E-state index in [4.69, 9.17) is 5.73 Å². The van der Waals surface area contributed by atoms with Crippen LogP contribution in [0, 0.1) is 5.82 Å². The quantitative estimate of drug-likeness (QED) is 0.791. The van der Waals surface area contributed by atoms with Gasteiger partial charge >= 0.3 is 0 Å². The van der Waals surface area contributed by atoms with Crippen LogP contribution in [0.3, 0.4) is 0 Å². The van der Waals surface area contributed by atoms with Crippen LogP contribution < -0.4 is 11.1 Å². The first-order valence-electron chi connectivity index (χ1n) is 6.35. The van der Waals surface area contributed by atoms with Gasteiger partial charge in [-0.25, -0.2) is 4.39 Å². The average molecular weight is 252 g/mol. The molecule has 4 heteroatoms. The minimum absolute atomic E-state index is 0.224. The van der Waals surface area contributed by atoms with Crippen molar-refractivity contribution in [3.05, 3.63) is 29.6 Å². The predicted octanol–water partition coefficient (Wildman–Crippen LogP) is 3.11. The maximum atomic E-state index is 13.2. The number of rotatable bonds is 5. The number of hydrogen-bond acceptors (Lipinski definition) is 2. The molecule has 18 heavy (non-hydrogen) atoms. The molecule has 0 radical (unpaired) electrons. The van der Waals surface area contributed by atoms with Crippen molar-refractivity contribution in [1.82, 2.24) is 5.32 Å². The van der Waals surface area contributed by atoms with Gasteiger partial charge in [-0.15, -0.1) is 0 Å². The van der Waals surface area contributed by atoms with Gasteiger partial charge in [-0.2, -0.15) is 0 Å². The molecule has 3 nitrogen and oxygen atoms in total. The number of anilines is 1. The predicted molar refractivity (Wildman–Crippen MR) is 71.9 cm³/mol. The number of hydrogen-bond donors (Lipinski definition) is 2. The van der Waals surface area contributed by atoms with E-state index in [2.05, 4.69) is 5.32 Å². The van der Waals surface area contributed by atoms with E-state index < -0.39 is 5.82 Å². The Morgan fingerprint density at radius 1 is 1.22 bits per heavy atom. The third-order valence-electron chi connectivity index (χ3n) is 3.59. The fourth-order valence-electron chi connectivity index (χ4n) is 2.07. The first kappa shape index (κ1) is 14.5. The van der Waals surface area contributed by atoms with Crippen LogP contribution in [0.25, 0.3) is 0 Å². The van der Waals surface area contributed by atoms with Gasteiger partial charge in [0.15, 0.2) is 0 Å². The minimum Gasteiger partial charge on any atom is -0.399 e. The van der Waals surface area contributed by atoms with Gasteiger partial charge in [0.2, 0.25) is 0 Å². The Morgan fingerprint density at radius 2 is 1.78 bits per heavy atom. The lowest BCUT2D eigenvalue weighted by Crippen LogP contribution is -2.47. The van der Waals surface area contributed by atoms with E-state index in [0.29, 0.717) is 0 Å². The topological polar surface area (TPSA) is 55.1 Å². The second kappa shape index (κ2) is 5.85. The lowest BCUT2D eigenvalue weighted by atomic mass is 9.89. The fraction of sp³-hybridized carbons (Fsp3) is 0.500. The summed E-state index contributed by atoms with van der Waals surface area (Å²) in [4.78, 5) is 12.1. The summed E-state index contributed by atoms with van der Waals surface area (Å²) in [5.74, 6) is -0.762. The standard InChI is InChI=1S/C14H21FN2O/c1-4-14(5-2,6-3)17-13(18)10-7-11(15)9-12(16)8-10/h7-9H,4-6,16H2,1-3H3,(H,17,18). The van der Waals surface area contributed by atoms with Gasteiger partial charge in [-0.1, -0.05) is 20.8 Å². The van der Waals surface area contributed by atoms with E-state index in [1.807, 2.05) is 20.8 Å². The Hall–Kier alpha value is -1.58. The Morgan fingerprint density at radius 3 is 2.22 bits per heavy atom. The zero-order valence-electron chi connectivity index (χ0n) is 11.2. The molecule has 0 aliphatic rings. The van der Waals surface area contributed by atoms with Gasteiger partial charge in [0.05, 0.1) is 0 Å². The average Bonchev–Trinajstić information content (AvgIpc) is 2.35. The maximum Gasteiger partial charge on any atom is 0.251 e. The van der Waals surface area contributed by atoms with Crippen LogP contribution in [0.4, 0.5) is 10.1 Å².